The van der Waals surface area contributed by atoms with Crippen molar-refractivity contribution in [2.24, 2.45) is 5.92 Å². The fourth-order valence-corrected chi connectivity index (χ4v) is 1.83. The summed E-state index contributed by atoms with van der Waals surface area (Å²) in [5.41, 5.74) is 0.630. The SMILES string of the molecule is CC(C)CC(C)Nc1cccc(OC(F)(F)F)c1. The Bertz CT molecular complexity index is 377. The second-order valence-corrected chi connectivity index (χ2v) is 4.75. The van der Waals surface area contributed by atoms with Crippen LogP contribution in [0.2, 0.25) is 0 Å². The quantitative estimate of drug-likeness (QED) is 0.846. The molecule has 5 heteroatoms. The molecular formula is C13H18F3NO. The van der Waals surface area contributed by atoms with Crippen molar-refractivity contribution in [3.8, 4) is 5.75 Å². The maximum atomic E-state index is 12.1. The highest BCUT2D eigenvalue weighted by Crippen LogP contribution is 2.25. The monoisotopic (exact) mass is 261 g/mol. The molecule has 1 aromatic rings. The second-order valence-electron chi connectivity index (χ2n) is 4.75. The van der Waals surface area contributed by atoms with E-state index in [-0.39, 0.29) is 11.8 Å². The smallest absolute Gasteiger partial charge is 0.406 e. The van der Waals surface area contributed by atoms with E-state index >= 15 is 0 Å². The molecule has 0 saturated carbocycles. The van der Waals surface area contributed by atoms with Crippen molar-refractivity contribution in [2.75, 3.05) is 5.32 Å². The van der Waals surface area contributed by atoms with Crippen LogP contribution in [0.3, 0.4) is 0 Å². The van der Waals surface area contributed by atoms with Crippen molar-refractivity contribution < 1.29 is 17.9 Å². The summed E-state index contributed by atoms with van der Waals surface area (Å²) in [5, 5.41) is 3.15. The van der Waals surface area contributed by atoms with E-state index in [1.165, 1.54) is 18.2 Å². The third kappa shape index (κ3) is 5.80. The molecule has 1 aromatic carbocycles. The van der Waals surface area contributed by atoms with E-state index in [0.717, 1.165) is 6.42 Å². The molecule has 0 aliphatic rings. The molecule has 0 amide bonds. The van der Waals surface area contributed by atoms with Gasteiger partial charge in [-0.25, -0.2) is 0 Å². The van der Waals surface area contributed by atoms with Gasteiger partial charge in [0.1, 0.15) is 5.75 Å². The standard InChI is InChI=1S/C13H18F3NO/c1-9(2)7-10(3)17-11-5-4-6-12(8-11)18-13(14,15)16/h4-6,8-10,17H,7H2,1-3H3. The van der Waals surface area contributed by atoms with Gasteiger partial charge < -0.3 is 10.1 Å². The van der Waals surface area contributed by atoms with Gasteiger partial charge in [0.2, 0.25) is 0 Å². The summed E-state index contributed by atoms with van der Waals surface area (Å²) in [6.45, 7) is 6.19. The molecule has 0 saturated heterocycles. The highest BCUT2D eigenvalue weighted by Gasteiger charge is 2.31. The minimum atomic E-state index is -4.65. The van der Waals surface area contributed by atoms with Crippen LogP contribution in [0.1, 0.15) is 27.2 Å². The van der Waals surface area contributed by atoms with Gasteiger partial charge in [-0.15, -0.1) is 13.2 Å². The predicted molar refractivity (Wildman–Crippen MR) is 65.7 cm³/mol. The molecule has 0 aliphatic carbocycles. The Balaban J connectivity index is 2.65. The number of anilines is 1. The zero-order chi connectivity index (χ0) is 13.8. The van der Waals surface area contributed by atoms with Gasteiger partial charge in [0.25, 0.3) is 0 Å². The topological polar surface area (TPSA) is 21.3 Å². The Kier molecular flexibility index (Phi) is 4.87. The summed E-state index contributed by atoms with van der Waals surface area (Å²) in [6.07, 6.45) is -3.70. The molecule has 1 unspecified atom stereocenters. The first-order valence-electron chi connectivity index (χ1n) is 5.88. The first-order chi connectivity index (χ1) is 8.26. The van der Waals surface area contributed by atoms with E-state index in [9.17, 15) is 13.2 Å². The average Bonchev–Trinajstić information content (AvgIpc) is 2.13. The maximum Gasteiger partial charge on any atom is 0.573 e. The van der Waals surface area contributed by atoms with Crippen LogP contribution in [-0.2, 0) is 0 Å². The van der Waals surface area contributed by atoms with Gasteiger partial charge in [-0.3, -0.25) is 0 Å². The molecule has 0 heterocycles. The Hall–Kier alpha value is -1.39. The Morgan fingerprint density at radius 1 is 1.22 bits per heavy atom. The molecule has 0 spiro atoms. The highest BCUT2D eigenvalue weighted by atomic mass is 19.4. The molecule has 0 bridgehead atoms. The lowest BCUT2D eigenvalue weighted by atomic mass is 10.1. The van der Waals surface area contributed by atoms with E-state index in [0.29, 0.717) is 11.6 Å². The van der Waals surface area contributed by atoms with Crippen LogP contribution in [-0.4, -0.2) is 12.4 Å². The number of ether oxygens (including phenoxy) is 1. The van der Waals surface area contributed by atoms with Crippen molar-refractivity contribution in [3.05, 3.63) is 24.3 Å². The fourth-order valence-electron chi connectivity index (χ4n) is 1.83. The number of rotatable bonds is 5. The summed E-state index contributed by atoms with van der Waals surface area (Å²) in [5.74, 6) is 0.325. The third-order valence-corrected chi connectivity index (χ3v) is 2.31. The first-order valence-corrected chi connectivity index (χ1v) is 5.88. The largest absolute Gasteiger partial charge is 0.573 e. The summed E-state index contributed by atoms with van der Waals surface area (Å²) < 4.78 is 40.1. The molecular weight excluding hydrogens is 243 g/mol. The van der Waals surface area contributed by atoms with Crippen LogP contribution in [0.15, 0.2) is 24.3 Å². The van der Waals surface area contributed by atoms with E-state index in [1.807, 2.05) is 6.92 Å². The zero-order valence-electron chi connectivity index (χ0n) is 10.7. The number of hydrogen-bond acceptors (Lipinski definition) is 2. The molecule has 1 rings (SSSR count). The lowest BCUT2D eigenvalue weighted by Crippen LogP contribution is -2.19. The number of benzene rings is 1. The molecule has 102 valence electrons. The summed E-state index contributed by atoms with van der Waals surface area (Å²) >= 11 is 0. The summed E-state index contributed by atoms with van der Waals surface area (Å²) in [7, 11) is 0. The van der Waals surface area contributed by atoms with Crippen molar-refractivity contribution in [1.82, 2.24) is 0 Å². The molecule has 0 aromatic heterocycles. The van der Waals surface area contributed by atoms with Crippen molar-refractivity contribution in [2.45, 2.75) is 39.6 Å². The number of halogens is 3. The van der Waals surface area contributed by atoms with Crippen LogP contribution in [0.5, 0.6) is 5.75 Å². The number of nitrogens with one attached hydrogen (secondary N) is 1. The van der Waals surface area contributed by atoms with Crippen molar-refractivity contribution in [1.29, 1.82) is 0 Å². The summed E-state index contributed by atoms with van der Waals surface area (Å²) in [6, 6.07) is 6.09. The van der Waals surface area contributed by atoms with Crippen LogP contribution in [0, 0.1) is 5.92 Å². The van der Waals surface area contributed by atoms with E-state index in [4.69, 9.17) is 0 Å². The van der Waals surface area contributed by atoms with Crippen LogP contribution in [0.4, 0.5) is 18.9 Å². The van der Waals surface area contributed by atoms with Crippen LogP contribution in [0.25, 0.3) is 0 Å². The Labute approximate surface area is 105 Å². The van der Waals surface area contributed by atoms with Gasteiger partial charge in [-0.1, -0.05) is 19.9 Å². The van der Waals surface area contributed by atoms with E-state index < -0.39 is 6.36 Å². The fraction of sp³-hybridized carbons (Fsp3) is 0.538. The predicted octanol–water partition coefficient (Wildman–Crippen LogP) is 4.43. The highest BCUT2D eigenvalue weighted by molar-refractivity contribution is 5.48. The Morgan fingerprint density at radius 3 is 2.44 bits per heavy atom. The van der Waals surface area contributed by atoms with Crippen LogP contribution < -0.4 is 10.1 Å². The van der Waals surface area contributed by atoms with Gasteiger partial charge >= 0.3 is 6.36 Å². The lowest BCUT2D eigenvalue weighted by Gasteiger charge is -2.18. The van der Waals surface area contributed by atoms with Gasteiger partial charge in [-0.05, 0) is 31.4 Å². The average molecular weight is 261 g/mol. The molecule has 0 radical (unpaired) electrons. The molecule has 1 atom stereocenters. The van der Waals surface area contributed by atoms with E-state index in [1.54, 1.807) is 6.07 Å². The minimum Gasteiger partial charge on any atom is -0.406 e. The first kappa shape index (κ1) is 14.7. The van der Waals surface area contributed by atoms with Gasteiger partial charge in [0.15, 0.2) is 0 Å². The molecule has 1 N–H and O–H groups in total. The van der Waals surface area contributed by atoms with E-state index in [2.05, 4.69) is 23.9 Å². The third-order valence-electron chi connectivity index (χ3n) is 2.31. The molecule has 0 aliphatic heterocycles. The minimum absolute atomic E-state index is 0.200. The maximum absolute atomic E-state index is 12.1. The van der Waals surface area contributed by atoms with Crippen molar-refractivity contribution >= 4 is 5.69 Å². The van der Waals surface area contributed by atoms with Crippen LogP contribution >= 0.6 is 0 Å². The summed E-state index contributed by atoms with van der Waals surface area (Å²) in [4.78, 5) is 0. The molecule has 2 nitrogen and oxygen atoms in total. The number of alkyl halides is 3. The molecule has 18 heavy (non-hydrogen) atoms. The van der Waals surface area contributed by atoms with Gasteiger partial charge in [-0.2, -0.15) is 0 Å². The van der Waals surface area contributed by atoms with Gasteiger partial charge in [0.05, 0.1) is 0 Å². The second kappa shape index (κ2) is 5.98. The Morgan fingerprint density at radius 2 is 1.89 bits per heavy atom. The lowest BCUT2D eigenvalue weighted by molar-refractivity contribution is -0.274. The van der Waals surface area contributed by atoms with Gasteiger partial charge in [0, 0.05) is 17.8 Å². The normalized spacial score (nSPS) is 13.5. The van der Waals surface area contributed by atoms with Crippen molar-refractivity contribution in [3.63, 3.8) is 0 Å². The zero-order valence-corrected chi connectivity index (χ0v) is 10.7. The number of hydrogen-bond donors (Lipinski definition) is 1. The molecule has 0 fully saturated rings.